The van der Waals surface area contributed by atoms with E-state index in [-0.39, 0.29) is 5.41 Å². The molecule has 0 aliphatic rings. The molecule has 25 heavy (non-hydrogen) atoms. The molecule has 0 saturated heterocycles. The summed E-state index contributed by atoms with van der Waals surface area (Å²) in [4.78, 5) is 0. The van der Waals surface area contributed by atoms with E-state index < -0.39 is 11.8 Å². The van der Waals surface area contributed by atoms with E-state index in [1.165, 1.54) is 0 Å². The third-order valence-electron chi connectivity index (χ3n) is 5.86. The number of ether oxygens (including phenoxy) is 1. The van der Waals surface area contributed by atoms with Gasteiger partial charge in [-0.2, -0.15) is 0 Å². The molecule has 0 bridgehead atoms. The van der Waals surface area contributed by atoms with Crippen LogP contribution in [-0.4, -0.2) is 27.1 Å². The largest absolute Gasteiger partial charge is 0.405 e. The van der Waals surface area contributed by atoms with Crippen LogP contribution in [0.3, 0.4) is 0 Å². The lowest BCUT2D eigenvalue weighted by molar-refractivity contribution is -0.492. The maximum absolute atomic E-state index is 9.75. The van der Waals surface area contributed by atoms with Gasteiger partial charge in [0.25, 0.3) is 0 Å². The van der Waals surface area contributed by atoms with E-state index in [1.807, 2.05) is 0 Å². The molecule has 0 rings (SSSR count). The highest BCUT2D eigenvalue weighted by Crippen LogP contribution is 2.52. The topological polar surface area (TPSA) is 69.9 Å². The molecular formula is C21H44O4. The maximum Gasteiger partial charge on any atom is 0.405 e. The molecule has 0 aliphatic carbocycles. The van der Waals surface area contributed by atoms with Gasteiger partial charge in [-0.15, -0.1) is 0 Å². The van der Waals surface area contributed by atoms with Crippen molar-refractivity contribution in [3.63, 3.8) is 0 Å². The van der Waals surface area contributed by atoms with Gasteiger partial charge in [-0.1, -0.05) is 86.0 Å². The van der Waals surface area contributed by atoms with Crippen molar-refractivity contribution in [3.05, 3.63) is 0 Å². The first kappa shape index (κ1) is 24.8. The Morgan fingerprint density at radius 3 is 1.24 bits per heavy atom. The quantitative estimate of drug-likeness (QED) is 0.318. The summed E-state index contributed by atoms with van der Waals surface area (Å²) in [5, 5.41) is 29.3. The molecule has 0 atom stereocenters. The molecule has 0 fully saturated rings. The predicted octanol–water partition coefficient (Wildman–Crippen LogP) is 5.49. The summed E-state index contributed by atoms with van der Waals surface area (Å²) in [5.41, 5.74) is -0.834. The Labute approximate surface area is 156 Å². The number of unbranched alkanes of at least 4 members (excludes halogenated alkanes) is 4. The Bertz CT molecular complexity index is 306. The molecule has 4 heteroatoms. The summed E-state index contributed by atoms with van der Waals surface area (Å²) in [6.07, 6.45) is 9.74. The van der Waals surface area contributed by atoms with Gasteiger partial charge >= 0.3 is 6.16 Å². The summed E-state index contributed by atoms with van der Waals surface area (Å²) >= 11 is 0. The van der Waals surface area contributed by atoms with Gasteiger partial charge in [-0.25, -0.2) is 0 Å². The first-order chi connectivity index (χ1) is 11.8. The van der Waals surface area contributed by atoms with Gasteiger partial charge in [0.2, 0.25) is 0 Å². The van der Waals surface area contributed by atoms with Crippen LogP contribution in [0.15, 0.2) is 0 Å². The fraction of sp³-hybridized carbons (Fsp3) is 1.00. The van der Waals surface area contributed by atoms with Crippen molar-refractivity contribution in [2.75, 3.05) is 0 Å². The van der Waals surface area contributed by atoms with Crippen LogP contribution in [-0.2, 0) is 4.74 Å². The van der Waals surface area contributed by atoms with E-state index in [2.05, 4.69) is 34.6 Å². The summed E-state index contributed by atoms with van der Waals surface area (Å²) in [7, 11) is 0. The van der Waals surface area contributed by atoms with Crippen molar-refractivity contribution < 1.29 is 20.1 Å². The fourth-order valence-electron chi connectivity index (χ4n) is 4.34. The Balaban J connectivity index is 6.01. The minimum Gasteiger partial charge on any atom is -0.319 e. The van der Waals surface area contributed by atoms with Crippen LogP contribution in [0.2, 0.25) is 0 Å². The fourth-order valence-corrected chi connectivity index (χ4v) is 4.34. The van der Waals surface area contributed by atoms with E-state index >= 15 is 0 Å². The number of aliphatic hydroxyl groups is 3. The van der Waals surface area contributed by atoms with Crippen LogP contribution in [0, 0.1) is 5.41 Å². The zero-order valence-corrected chi connectivity index (χ0v) is 17.4. The Kier molecular flexibility index (Phi) is 12.2. The lowest BCUT2D eigenvalue weighted by atomic mass is 9.60. The van der Waals surface area contributed by atoms with Crippen LogP contribution < -0.4 is 0 Å². The second-order valence-corrected chi connectivity index (χ2v) is 7.72. The number of rotatable bonds is 16. The van der Waals surface area contributed by atoms with Gasteiger partial charge in [0.15, 0.2) is 0 Å². The number of hydrogen-bond acceptors (Lipinski definition) is 4. The van der Waals surface area contributed by atoms with Gasteiger partial charge in [0, 0.05) is 0 Å². The summed E-state index contributed by atoms with van der Waals surface area (Å²) in [6, 6.07) is 0. The van der Waals surface area contributed by atoms with Crippen molar-refractivity contribution in [2.45, 2.75) is 130 Å². The van der Waals surface area contributed by atoms with Gasteiger partial charge < -0.3 is 15.3 Å². The first-order valence-electron chi connectivity index (χ1n) is 10.6. The average molecular weight is 361 g/mol. The van der Waals surface area contributed by atoms with Gasteiger partial charge in [-0.3, -0.25) is 4.74 Å². The second kappa shape index (κ2) is 12.3. The van der Waals surface area contributed by atoms with Crippen molar-refractivity contribution in [1.82, 2.24) is 0 Å². The smallest absolute Gasteiger partial charge is 0.319 e. The molecule has 4 nitrogen and oxygen atoms in total. The van der Waals surface area contributed by atoms with Gasteiger partial charge in [0.1, 0.15) is 0 Å². The van der Waals surface area contributed by atoms with Crippen molar-refractivity contribution >= 4 is 0 Å². The van der Waals surface area contributed by atoms with Gasteiger partial charge in [0.05, 0.1) is 5.60 Å². The molecule has 0 radical (unpaired) electrons. The summed E-state index contributed by atoms with van der Waals surface area (Å²) in [6.45, 7) is 10.8. The van der Waals surface area contributed by atoms with Crippen LogP contribution in [0.5, 0.6) is 0 Å². The molecule has 0 aromatic carbocycles. The van der Waals surface area contributed by atoms with Crippen LogP contribution in [0.25, 0.3) is 0 Å². The molecule has 0 unspecified atom stereocenters. The molecule has 0 aromatic rings. The first-order valence-corrected chi connectivity index (χ1v) is 10.6. The minimum atomic E-state index is -3.07. The average Bonchev–Trinajstić information content (AvgIpc) is 2.57. The van der Waals surface area contributed by atoms with E-state index in [1.54, 1.807) is 0 Å². The zero-order chi connectivity index (χ0) is 19.4. The molecule has 0 saturated carbocycles. The van der Waals surface area contributed by atoms with E-state index in [9.17, 15) is 15.3 Å². The van der Waals surface area contributed by atoms with Crippen LogP contribution >= 0.6 is 0 Å². The highest BCUT2D eigenvalue weighted by atomic mass is 16.9. The van der Waals surface area contributed by atoms with E-state index in [0.29, 0.717) is 0 Å². The van der Waals surface area contributed by atoms with Crippen molar-refractivity contribution in [2.24, 2.45) is 5.41 Å². The second-order valence-electron chi connectivity index (χ2n) is 7.72. The Morgan fingerprint density at radius 2 is 0.960 bits per heavy atom. The monoisotopic (exact) mass is 360 g/mol. The molecule has 0 aromatic heterocycles. The highest BCUT2D eigenvalue weighted by molar-refractivity contribution is 5.00. The Hall–Kier alpha value is -0.160. The number of hydrogen-bond donors (Lipinski definition) is 3. The normalized spacial score (nSPS) is 13.4. The third kappa shape index (κ3) is 7.94. The van der Waals surface area contributed by atoms with Gasteiger partial charge in [-0.05, 0) is 37.5 Å². The molecular weight excluding hydrogens is 316 g/mol. The van der Waals surface area contributed by atoms with Crippen molar-refractivity contribution in [1.29, 1.82) is 0 Å². The zero-order valence-electron chi connectivity index (χ0n) is 17.4. The molecule has 0 aliphatic heterocycles. The minimum absolute atomic E-state index is 0.136. The maximum atomic E-state index is 9.75. The SMILES string of the molecule is CCCCC(CC)(CCCC)C(CCCC)(CCCC)OC(O)(O)O. The summed E-state index contributed by atoms with van der Waals surface area (Å²) < 4.78 is 5.75. The Morgan fingerprint density at radius 1 is 0.600 bits per heavy atom. The predicted molar refractivity (Wildman–Crippen MR) is 104 cm³/mol. The molecule has 152 valence electrons. The van der Waals surface area contributed by atoms with E-state index in [0.717, 1.165) is 83.5 Å². The molecule has 0 amide bonds. The van der Waals surface area contributed by atoms with Crippen LogP contribution in [0.4, 0.5) is 0 Å². The highest BCUT2D eigenvalue weighted by Gasteiger charge is 2.52. The lowest BCUT2D eigenvalue weighted by Crippen LogP contribution is -2.55. The molecule has 3 N–H and O–H groups in total. The molecule has 0 spiro atoms. The summed E-state index contributed by atoms with van der Waals surface area (Å²) in [5.74, 6) is 0. The van der Waals surface area contributed by atoms with Crippen LogP contribution in [0.1, 0.15) is 118 Å². The van der Waals surface area contributed by atoms with E-state index in [4.69, 9.17) is 4.74 Å². The standard InChI is InChI=1S/C21H44O4/c1-6-11-15-19(10-5,16-12-7-2)20(17-13-8-3,18-14-9-4)25-21(22,23)24/h22-24H,6-18H2,1-5H3. The third-order valence-corrected chi connectivity index (χ3v) is 5.86. The van der Waals surface area contributed by atoms with Crippen molar-refractivity contribution in [3.8, 4) is 0 Å². The lowest BCUT2D eigenvalue weighted by Gasteiger charge is -2.52. The molecule has 0 heterocycles.